The van der Waals surface area contributed by atoms with Gasteiger partial charge in [-0.2, -0.15) is 0 Å². The first kappa shape index (κ1) is 13.5. The van der Waals surface area contributed by atoms with Crippen LogP contribution in [0.4, 0.5) is 5.69 Å². The standard InChI is InChI=1S/C16H18N2O3/c1-16(2)20-13-8-7-11(9-14(13)21-16)17-10-12-5-4-6-15(18-12)19-3/h4-9,17H,10H2,1-3H3. The van der Waals surface area contributed by atoms with Gasteiger partial charge in [0.2, 0.25) is 11.7 Å². The van der Waals surface area contributed by atoms with Gasteiger partial charge in [0.25, 0.3) is 0 Å². The van der Waals surface area contributed by atoms with Crippen LogP contribution in [0.1, 0.15) is 19.5 Å². The van der Waals surface area contributed by atoms with E-state index < -0.39 is 5.79 Å². The molecule has 0 spiro atoms. The van der Waals surface area contributed by atoms with Gasteiger partial charge in [0.1, 0.15) is 0 Å². The number of pyridine rings is 1. The molecule has 1 aliphatic rings. The second kappa shape index (κ2) is 5.16. The first-order valence-electron chi connectivity index (χ1n) is 6.82. The lowest BCUT2D eigenvalue weighted by atomic mass is 10.2. The van der Waals surface area contributed by atoms with Gasteiger partial charge in [-0.05, 0) is 18.2 Å². The first-order valence-corrected chi connectivity index (χ1v) is 6.82. The van der Waals surface area contributed by atoms with Crippen molar-refractivity contribution in [3.8, 4) is 17.4 Å². The van der Waals surface area contributed by atoms with Crippen LogP contribution in [0.25, 0.3) is 0 Å². The fourth-order valence-electron chi connectivity index (χ4n) is 2.19. The summed E-state index contributed by atoms with van der Waals surface area (Å²) in [6, 6.07) is 11.5. The number of ether oxygens (including phenoxy) is 3. The molecule has 0 aliphatic carbocycles. The Balaban J connectivity index is 1.69. The van der Waals surface area contributed by atoms with Crippen LogP contribution >= 0.6 is 0 Å². The summed E-state index contributed by atoms with van der Waals surface area (Å²) in [5.41, 5.74) is 1.87. The van der Waals surface area contributed by atoms with E-state index in [1.165, 1.54) is 0 Å². The molecule has 5 nitrogen and oxygen atoms in total. The highest BCUT2D eigenvalue weighted by atomic mass is 16.7. The Hall–Kier alpha value is -2.43. The van der Waals surface area contributed by atoms with Gasteiger partial charge in [0, 0.05) is 31.7 Å². The van der Waals surface area contributed by atoms with Crippen LogP contribution in [-0.2, 0) is 6.54 Å². The van der Waals surface area contributed by atoms with E-state index in [1.54, 1.807) is 7.11 Å². The molecule has 5 heteroatoms. The van der Waals surface area contributed by atoms with Gasteiger partial charge < -0.3 is 19.5 Å². The van der Waals surface area contributed by atoms with E-state index in [-0.39, 0.29) is 0 Å². The lowest BCUT2D eigenvalue weighted by Gasteiger charge is -2.16. The Morgan fingerprint density at radius 2 is 1.95 bits per heavy atom. The minimum atomic E-state index is -0.602. The summed E-state index contributed by atoms with van der Waals surface area (Å²) in [7, 11) is 1.61. The highest BCUT2D eigenvalue weighted by Gasteiger charge is 2.31. The van der Waals surface area contributed by atoms with Crippen LogP contribution in [0.2, 0.25) is 0 Å². The average molecular weight is 286 g/mol. The van der Waals surface area contributed by atoms with Gasteiger partial charge in [0.15, 0.2) is 11.5 Å². The van der Waals surface area contributed by atoms with Crippen LogP contribution in [0.15, 0.2) is 36.4 Å². The number of rotatable bonds is 4. The Labute approximate surface area is 123 Å². The van der Waals surface area contributed by atoms with Crippen molar-refractivity contribution in [3.63, 3.8) is 0 Å². The second-order valence-corrected chi connectivity index (χ2v) is 5.29. The van der Waals surface area contributed by atoms with Crippen LogP contribution in [0.3, 0.4) is 0 Å². The van der Waals surface area contributed by atoms with E-state index in [0.717, 1.165) is 22.9 Å². The lowest BCUT2D eigenvalue weighted by Crippen LogP contribution is -2.29. The molecule has 0 radical (unpaired) electrons. The molecule has 0 amide bonds. The number of aromatic nitrogens is 1. The van der Waals surface area contributed by atoms with Crippen molar-refractivity contribution in [3.05, 3.63) is 42.1 Å². The Morgan fingerprint density at radius 3 is 2.76 bits per heavy atom. The van der Waals surface area contributed by atoms with Crippen molar-refractivity contribution < 1.29 is 14.2 Å². The van der Waals surface area contributed by atoms with E-state index >= 15 is 0 Å². The maximum atomic E-state index is 5.73. The molecule has 0 saturated carbocycles. The molecule has 0 unspecified atom stereocenters. The summed E-state index contributed by atoms with van der Waals surface area (Å²) in [5, 5.41) is 3.32. The van der Waals surface area contributed by atoms with Gasteiger partial charge in [-0.15, -0.1) is 0 Å². The predicted octanol–water partition coefficient (Wildman–Crippen LogP) is 3.21. The largest absolute Gasteiger partial charge is 0.481 e. The van der Waals surface area contributed by atoms with Crippen LogP contribution in [-0.4, -0.2) is 17.9 Å². The molecular weight excluding hydrogens is 268 g/mol. The third-order valence-corrected chi connectivity index (χ3v) is 3.12. The van der Waals surface area contributed by atoms with Gasteiger partial charge in [-0.3, -0.25) is 0 Å². The molecule has 1 N–H and O–H groups in total. The number of methoxy groups -OCH3 is 1. The number of hydrogen-bond acceptors (Lipinski definition) is 5. The maximum Gasteiger partial charge on any atom is 0.246 e. The van der Waals surface area contributed by atoms with Crippen LogP contribution in [0, 0.1) is 0 Å². The third kappa shape index (κ3) is 3.02. The molecule has 2 aromatic rings. The number of anilines is 1. The smallest absolute Gasteiger partial charge is 0.246 e. The molecule has 1 aliphatic heterocycles. The highest BCUT2D eigenvalue weighted by Crippen LogP contribution is 2.40. The molecule has 21 heavy (non-hydrogen) atoms. The Morgan fingerprint density at radius 1 is 1.14 bits per heavy atom. The molecule has 1 aromatic heterocycles. The normalized spacial score (nSPS) is 14.8. The number of fused-ring (bicyclic) bond motifs is 1. The first-order chi connectivity index (χ1) is 10.1. The molecule has 0 saturated heterocycles. The van der Waals surface area contributed by atoms with E-state index in [1.807, 2.05) is 50.2 Å². The molecule has 1 aromatic carbocycles. The molecule has 0 atom stereocenters. The molecular formula is C16H18N2O3. The molecule has 3 rings (SSSR count). The zero-order valence-corrected chi connectivity index (χ0v) is 12.3. The Kier molecular flexibility index (Phi) is 3.33. The summed E-state index contributed by atoms with van der Waals surface area (Å²) in [6.07, 6.45) is 0. The summed E-state index contributed by atoms with van der Waals surface area (Å²) in [6.45, 7) is 4.39. The number of hydrogen-bond donors (Lipinski definition) is 1. The second-order valence-electron chi connectivity index (χ2n) is 5.29. The van der Waals surface area contributed by atoms with Crippen LogP contribution < -0.4 is 19.5 Å². The van der Waals surface area contributed by atoms with E-state index in [9.17, 15) is 0 Å². The quantitative estimate of drug-likeness (QED) is 0.935. The summed E-state index contributed by atoms with van der Waals surface area (Å²) in [5.74, 6) is 1.53. The van der Waals surface area contributed by atoms with E-state index in [0.29, 0.717) is 12.4 Å². The van der Waals surface area contributed by atoms with Crippen molar-refractivity contribution in [2.75, 3.05) is 12.4 Å². The van der Waals surface area contributed by atoms with Crippen molar-refractivity contribution in [1.82, 2.24) is 4.98 Å². The summed E-state index contributed by atoms with van der Waals surface area (Å²) < 4.78 is 16.5. The van der Waals surface area contributed by atoms with Gasteiger partial charge in [-0.1, -0.05) is 6.07 Å². The topological polar surface area (TPSA) is 52.6 Å². The fraction of sp³-hybridized carbons (Fsp3) is 0.312. The minimum Gasteiger partial charge on any atom is -0.481 e. The molecule has 110 valence electrons. The zero-order valence-electron chi connectivity index (χ0n) is 12.3. The van der Waals surface area contributed by atoms with E-state index in [4.69, 9.17) is 14.2 Å². The fourth-order valence-corrected chi connectivity index (χ4v) is 2.19. The van der Waals surface area contributed by atoms with Gasteiger partial charge in [-0.25, -0.2) is 4.98 Å². The monoisotopic (exact) mass is 286 g/mol. The van der Waals surface area contributed by atoms with Crippen molar-refractivity contribution >= 4 is 5.69 Å². The highest BCUT2D eigenvalue weighted by molar-refractivity contribution is 5.56. The maximum absolute atomic E-state index is 5.73. The number of benzene rings is 1. The third-order valence-electron chi connectivity index (χ3n) is 3.12. The number of nitrogens with zero attached hydrogens (tertiary/aromatic N) is 1. The zero-order chi connectivity index (χ0) is 14.9. The van der Waals surface area contributed by atoms with Crippen molar-refractivity contribution in [1.29, 1.82) is 0 Å². The Bertz CT molecular complexity index is 656. The minimum absolute atomic E-state index is 0.602. The molecule has 2 heterocycles. The molecule has 0 fully saturated rings. The number of nitrogens with one attached hydrogen (secondary N) is 1. The summed E-state index contributed by atoms with van der Waals surface area (Å²) in [4.78, 5) is 4.36. The lowest BCUT2D eigenvalue weighted by molar-refractivity contribution is -0.0431. The molecule has 0 bridgehead atoms. The summed E-state index contributed by atoms with van der Waals surface area (Å²) >= 11 is 0. The average Bonchev–Trinajstić information content (AvgIpc) is 2.78. The van der Waals surface area contributed by atoms with Gasteiger partial charge >= 0.3 is 0 Å². The van der Waals surface area contributed by atoms with Crippen LogP contribution in [0.5, 0.6) is 17.4 Å². The van der Waals surface area contributed by atoms with Crippen molar-refractivity contribution in [2.24, 2.45) is 0 Å². The SMILES string of the molecule is COc1cccc(CNc2ccc3c(c2)OC(C)(C)O3)n1. The van der Waals surface area contributed by atoms with E-state index in [2.05, 4.69) is 10.3 Å². The van der Waals surface area contributed by atoms with Crippen molar-refractivity contribution in [2.45, 2.75) is 26.2 Å². The van der Waals surface area contributed by atoms with Gasteiger partial charge in [0.05, 0.1) is 19.3 Å². The predicted molar refractivity (Wildman–Crippen MR) is 79.9 cm³/mol.